The van der Waals surface area contributed by atoms with Gasteiger partial charge in [0.2, 0.25) is 0 Å². The first kappa shape index (κ1) is 18.7. The lowest BCUT2D eigenvalue weighted by Gasteiger charge is -2.18. The van der Waals surface area contributed by atoms with E-state index in [1.54, 1.807) is 7.11 Å². The summed E-state index contributed by atoms with van der Waals surface area (Å²) in [7, 11) is 1.65. The van der Waals surface area contributed by atoms with Gasteiger partial charge in [0.1, 0.15) is 18.1 Å². The smallest absolute Gasteiger partial charge is 0.134 e. The predicted octanol–water partition coefficient (Wildman–Crippen LogP) is 3.53. The molecule has 120 valence electrons. The molecule has 0 spiro atoms. The first-order chi connectivity index (χ1) is 10.1. The van der Waals surface area contributed by atoms with Crippen molar-refractivity contribution in [2.75, 3.05) is 46.4 Å². The Balaban J connectivity index is 2.28. The van der Waals surface area contributed by atoms with Crippen LogP contribution >= 0.6 is 31.9 Å². The van der Waals surface area contributed by atoms with Crippen LogP contribution in [0.2, 0.25) is 0 Å². The SMILES string of the molecule is CCN(CC)CCNCCOc1cc(Br)c(OC)cc1Br. The number of benzene rings is 1. The highest BCUT2D eigenvalue weighted by Crippen LogP contribution is 2.35. The Labute approximate surface area is 144 Å². The Morgan fingerprint density at radius 1 is 1.05 bits per heavy atom. The molecule has 0 aliphatic rings. The van der Waals surface area contributed by atoms with Gasteiger partial charge in [0.05, 0.1) is 16.1 Å². The minimum atomic E-state index is 0.635. The Kier molecular flexibility index (Phi) is 9.31. The second-order valence-corrected chi connectivity index (χ2v) is 6.25. The maximum atomic E-state index is 5.77. The van der Waals surface area contributed by atoms with E-state index in [0.717, 1.165) is 53.2 Å². The lowest BCUT2D eigenvalue weighted by Crippen LogP contribution is -2.33. The quantitative estimate of drug-likeness (QED) is 0.583. The third-order valence-corrected chi connectivity index (χ3v) is 4.48. The van der Waals surface area contributed by atoms with Crippen molar-refractivity contribution < 1.29 is 9.47 Å². The van der Waals surface area contributed by atoms with Crippen LogP contribution in [0.3, 0.4) is 0 Å². The number of rotatable bonds is 10. The standard InChI is InChI=1S/C15H24Br2N2O2/c1-4-19(5-2)8-6-18-7-9-21-15-11-12(16)14(20-3)10-13(15)17/h10-11,18H,4-9H2,1-3H3. The van der Waals surface area contributed by atoms with Crippen LogP contribution < -0.4 is 14.8 Å². The van der Waals surface area contributed by atoms with Gasteiger partial charge >= 0.3 is 0 Å². The number of hydrogen-bond acceptors (Lipinski definition) is 4. The Morgan fingerprint density at radius 2 is 1.67 bits per heavy atom. The second kappa shape index (κ2) is 10.4. The molecule has 0 bridgehead atoms. The van der Waals surface area contributed by atoms with Crippen molar-refractivity contribution >= 4 is 31.9 Å². The van der Waals surface area contributed by atoms with Crippen molar-refractivity contribution in [3.8, 4) is 11.5 Å². The molecular weight excluding hydrogens is 400 g/mol. The van der Waals surface area contributed by atoms with Gasteiger partial charge in [0.25, 0.3) is 0 Å². The fourth-order valence-corrected chi connectivity index (χ4v) is 2.83. The van der Waals surface area contributed by atoms with Gasteiger partial charge in [-0.05, 0) is 57.1 Å². The van der Waals surface area contributed by atoms with Gasteiger partial charge in [-0.3, -0.25) is 0 Å². The molecule has 0 saturated carbocycles. The molecule has 0 fully saturated rings. The molecule has 0 saturated heterocycles. The van der Waals surface area contributed by atoms with Crippen LogP contribution in [0.4, 0.5) is 0 Å². The van der Waals surface area contributed by atoms with Gasteiger partial charge in [-0.1, -0.05) is 13.8 Å². The van der Waals surface area contributed by atoms with Crippen LogP contribution in [0.25, 0.3) is 0 Å². The van der Waals surface area contributed by atoms with E-state index in [2.05, 4.69) is 55.9 Å². The molecule has 4 nitrogen and oxygen atoms in total. The molecule has 0 aromatic heterocycles. The van der Waals surface area contributed by atoms with Crippen molar-refractivity contribution in [3.63, 3.8) is 0 Å². The van der Waals surface area contributed by atoms with Crippen LogP contribution in [-0.2, 0) is 0 Å². The summed E-state index contributed by atoms with van der Waals surface area (Å²) in [6, 6.07) is 3.81. The van der Waals surface area contributed by atoms with Crippen molar-refractivity contribution in [2.24, 2.45) is 0 Å². The van der Waals surface area contributed by atoms with Crippen LogP contribution in [0.5, 0.6) is 11.5 Å². The van der Waals surface area contributed by atoms with Gasteiger partial charge in [-0.2, -0.15) is 0 Å². The van der Waals surface area contributed by atoms with Crippen molar-refractivity contribution in [2.45, 2.75) is 13.8 Å². The topological polar surface area (TPSA) is 33.7 Å². The summed E-state index contributed by atoms with van der Waals surface area (Å²) in [5, 5.41) is 3.39. The fraction of sp³-hybridized carbons (Fsp3) is 0.600. The van der Waals surface area contributed by atoms with Crippen molar-refractivity contribution in [1.29, 1.82) is 0 Å². The number of halogens is 2. The first-order valence-corrected chi connectivity index (χ1v) is 8.79. The summed E-state index contributed by atoms with van der Waals surface area (Å²) in [5.41, 5.74) is 0. The third kappa shape index (κ3) is 6.55. The van der Waals surface area contributed by atoms with Gasteiger partial charge in [-0.25, -0.2) is 0 Å². The minimum absolute atomic E-state index is 0.635. The highest BCUT2D eigenvalue weighted by molar-refractivity contribution is 9.11. The Bertz CT molecular complexity index is 426. The first-order valence-electron chi connectivity index (χ1n) is 7.21. The van der Waals surface area contributed by atoms with E-state index in [0.29, 0.717) is 6.61 Å². The molecule has 1 aromatic carbocycles. The zero-order valence-corrected chi connectivity index (χ0v) is 16.1. The molecule has 6 heteroatoms. The average Bonchev–Trinajstić information content (AvgIpc) is 2.49. The third-order valence-electron chi connectivity index (χ3n) is 3.24. The minimum Gasteiger partial charge on any atom is -0.496 e. The number of ether oxygens (including phenoxy) is 2. The molecule has 1 N–H and O–H groups in total. The van der Waals surface area contributed by atoms with Crippen LogP contribution in [0, 0.1) is 0 Å². The van der Waals surface area contributed by atoms with Gasteiger partial charge in [-0.15, -0.1) is 0 Å². The average molecular weight is 424 g/mol. The number of likely N-dealkylation sites (N-methyl/N-ethyl adjacent to an activating group) is 1. The molecule has 0 aliphatic carbocycles. The summed E-state index contributed by atoms with van der Waals surface area (Å²) < 4.78 is 12.8. The zero-order chi connectivity index (χ0) is 15.7. The lowest BCUT2D eigenvalue weighted by atomic mass is 10.3. The van der Waals surface area contributed by atoms with E-state index in [1.807, 2.05) is 12.1 Å². The van der Waals surface area contributed by atoms with E-state index in [4.69, 9.17) is 9.47 Å². The maximum absolute atomic E-state index is 5.77. The molecule has 1 rings (SSSR count). The highest BCUT2D eigenvalue weighted by atomic mass is 79.9. The van der Waals surface area contributed by atoms with Crippen molar-refractivity contribution in [1.82, 2.24) is 10.2 Å². The normalized spacial score (nSPS) is 11.0. The van der Waals surface area contributed by atoms with E-state index in [-0.39, 0.29) is 0 Å². The van der Waals surface area contributed by atoms with Crippen LogP contribution in [0.15, 0.2) is 21.1 Å². The lowest BCUT2D eigenvalue weighted by molar-refractivity contribution is 0.284. The summed E-state index contributed by atoms with van der Waals surface area (Å²) in [4.78, 5) is 2.39. The van der Waals surface area contributed by atoms with E-state index in [9.17, 15) is 0 Å². The molecule has 0 unspecified atom stereocenters. The number of hydrogen-bond donors (Lipinski definition) is 1. The van der Waals surface area contributed by atoms with Gasteiger partial charge < -0.3 is 19.7 Å². The molecule has 21 heavy (non-hydrogen) atoms. The summed E-state index contributed by atoms with van der Waals surface area (Å²) in [6.45, 7) is 10.1. The molecular formula is C15H24Br2N2O2. The fourth-order valence-electron chi connectivity index (χ4n) is 1.91. The highest BCUT2D eigenvalue weighted by Gasteiger charge is 2.08. The van der Waals surface area contributed by atoms with Crippen LogP contribution in [0.1, 0.15) is 13.8 Å². The summed E-state index contributed by atoms with van der Waals surface area (Å²) in [5.74, 6) is 1.60. The molecule has 0 heterocycles. The van der Waals surface area contributed by atoms with Crippen LogP contribution in [-0.4, -0.2) is 51.3 Å². The number of methoxy groups -OCH3 is 1. The van der Waals surface area contributed by atoms with E-state index >= 15 is 0 Å². The monoisotopic (exact) mass is 422 g/mol. The summed E-state index contributed by atoms with van der Waals surface area (Å²) in [6.07, 6.45) is 0. The molecule has 0 radical (unpaired) electrons. The molecule has 0 atom stereocenters. The number of nitrogens with zero attached hydrogens (tertiary/aromatic N) is 1. The largest absolute Gasteiger partial charge is 0.496 e. The second-order valence-electron chi connectivity index (χ2n) is 4.54. The summed E-state index contributed by atoms with van der Waals surface area (Å²) >= 11 is 6.95. The van der Waals surface area contributed by atoms with E-state index < -0.39 is 0 Å². The number of nitrogens with one attached hydrogen (secondary N) is 1. The maximum Gasteiger partial charge on any atom is 0.134 e. The van der Waals surface area contributed by atoms with Gasteiger partial charge in [0.15, 0.2) is 0 Å². The van der Waals surface area contributed by atoms with E-state index in [1.165, 1.54) is 0 Å². The zero-order valence-electron chi connectivity index (χ0n) is 12.9. The molecule has 0 amide bonds. The molecule has 1 aromatic rings. The Morgan fingerprint density at radius 3 is 2.29 bits per heavy atom. The predicted molar refractivity (Wildman–Crippen MR) is 94.5 cm³/mol. The van der Waals surface area contributed by atoms with Gasteiger partial charge in [0, 0.05) is 19.6 Å². The Hall–Kier alpha value is -0.300. The molecule has 0 aliphatic heterocycles. The van der Waals surface area contributed by atoms with Crippen molar-refractivity contribution in [3.05, 3.63) is 21.1 Å².